The Kier molecular flexibility index (Phi) is 5.66. The highest BCUT2D eigenvalue weighted by atomic mass is 16.3. The van der Waals surface area contributed by atoms with Crippen molar-refractivity contribution < 1.29 is 9.90 Å². The van der Waals surface area contributed by atoms with Crippen molar-refractivity contribution in [3.05, 3.63) is 35.7 Å². The number of H-pyrrole nitrogens is 1. The van der Waals surface area contributed by atoms with Gasteiger partial charge in [-0.25, -0.2) is 4.98 Å². The molecule has 1 aromatic carbocycles. The predicted molar refractivity (Wildman–Crippen MR) is 84.5 cm³/mol. The average Bonchev–Trinajstić information content (AvgIpc) is 2.97. The number of benzene rings is 1. The Bertz CT molecular complexity index is 624. The van der Waals surface area contributed by atoms with Crippen LogP contribution in [0, 0.1) is 6.92 Å². The molecule has 0 saturated heterocycles. The zero-order valence-corrected chi connectivity index (χ0v) is 13.0. The first-order valence-electron chi connectivity index (χ1n) is 7.55. The Hall–Kier alpha value is -2.21. The van der Waals surface area contributed by atoms with Crippen molar-refractivity contribution in [3.8, 4) is 11.4 Å². The summed E-state index contributed by atoms with van der Waals surface area (Å²) in [6.07, 6.45) is 1.93. The van der Waals surface area contributed by atoms with Gasteiger partial charge in [0, 0.05) is 24.2 Å². The number of hydrogen-bond donors (Lipinski definition) is 2. The minimum atomic E-state index is -0.0726. The van der Waals surface area contributed by atoms with Gasteiger partial charge in [0.15, 0.2) is 5.82 Å². The predicted octanol–water partition coefficient (Wildman–Crippen LogP) is 2.01. The minimum absolute atomic E-state index is 0.0325. The second-order valence-electron chi connectivity index (χ2n) is 5.19. The number of aromatic nitrogens is 3. The van der Waals surface area contributed by atoms with Crippen molar-refractivity contribution >= 4 is 5.91 Å². The molecule has 0 radical (unpaired) electrons. The summed E-state index contributed by atoms with van der Waals surface area (Å²) >= 11 is 0. The number of carbonyl (C=O) groups is 1. The molecule has 1 amide bonds. The molecule has 0 aliphatic carbocycles. The molecule has 22 heavy (non-hydrogen) atoms. The lowest BCUT2D eigenvalue weighted by molar-refractivity contribution is 0.0719. The number of aliphatic hydroxyl groups is 1. The fourth-order valence-corrected chi connectivity index (χ4v) is 2.23. The van der Waals surface area contributed by atoms with Gasteiger partial charge in [0.25, 0.3) is 5.91 Å². The van der Waals surface area contributed by atoms with Crippen LogP contribution in [0.1, 0.15) is 35.9 Å². The SMILES string of the molecule is CCCCN(CCO)C(=O)c1cccc(-c2n[nH]c(C)n2)c1. The third kappa shape index (κ3) is 3.92. The molecule has 0 spiro atoms. The van der Waals surface area contributed by atoms with Gasteiger partial charge < -0.3 is 10.0 Å². The summed E-state index contributed by atoms with van der Waals surface area (Å²) in [4.78, 5) is 18.6. The summed E-state index contributed by atoms with van der Waals surface area (Å²) in [5.41, 5.74) is 1.39. The van der Waals surface area contributed by atoms with Gasteiger partial charge in [-0.1, -0.05) is 25.5 Å². The molecule has 6 heteroatoms. The van der Waals surface area contributed by atoms with Crippen molar-refractivity contribution in [1.82, 2.24) is 20.1 Å². The van der Waals surface area contributed by atoms with Crippen LogP contribution in [-0.2, 0) is 0 Å². The number of amides is 1. The summed E-state index contributed by atoms with van der Waals surface area (Å²) in [5.74, 6) is 1.24. The molecule has 2 aromatic rings. The van der Waals surface area contributed by atoms with E-state index in [0.717, 1.165) is 24.2 Å². The lowest BCUT2D eigenvalue weighted by atomic mass is 10.1. The van der Waals surface area contributed by atoms with E-state index in [4.69, 9.17) is 5.11 Å². The van der Waals surface area contributed by atoms with Crippen LogP contribution < -0.4 is 0 Å². The molecule has 2 N–H and O–H groups in total. The number of hydrogen-bond acceptors (Lipinski definition) is 4. The molecule has 0 bridgehead atoms. The van der Waals surface area contributed by atoms with E-state index in [1.54, 1.807) is 17.0 Å². The number of carbonyl (C=O) groups excluding carboxylic acids is 1. The Balaban J connectivity index is 2.21. The quantitative estimate of drug-likeness (QED) is 0.819. The first kappa shape index (κ1) is 16.2. The Morgan fingerprint density at radius 3 is 2.82 bits per heavy atom. The van der Waals surface area contributed by atoms with Crippen molar-refractivity contribution in [3.63, 3.8) is 0 Å². The zero-order valence-electron chi connectivity index (χ0n) is 13.0. The first-order chi connectivity index (χ1) is 10.7. The monoisotopic (exact) mass is 302 g/mol. The van der Waals surface area contributed by atoms with E-state index >= 15 is 0 Å². The highest BCUT2D eigenvalue weighted by Gasteiger charge is 2.16. The number of unbranched alkanes of at least 4 members (excludes halogenated alkanes) is 1. The second-order valence-corrected chi connectivity index (χ2v) is 5.19. The molecule has 1 aromatic heterocycles. The third-order valence-electron chi connectivity index (χ3n) is 3.40. The highest BCUT2D eigenvalue weighted by Crippen LogP contribution is 2.17. The number of aryl methyl sites for hydroxylation is 1. The molecule has 118 valence electrons. The first-order valence-corrected chi connectivity index (χ1v) is 7.55. The van der Waals surface area contributed by atoms with E-state index in [9.17, 15) is 4.79 Å². The maximum Gasteiger partial charge on any atom is 0.253 e. The van der Waals surface area contributed by atoms with Crippen LogP contribution >= 0.6 is 0 Å². The second kappa shape index (κ2) is 7.70. The number of nitrogens with zero attached hydrogens (tertiary/aromatic N) is 3. The summed E-state index contributed by atoms with van der Waals surface area (Å²) in [6.45, 7) is 4.88. The van der Waals surface area contributed by atoms with E-state index in [-0.39, 0.29) is 12.5 Å². The van der Waals surface area contributed by atoms with Gasteiger partial charge >= 0.3 is 0 Å². The number of nitrogens with one attached hydrogen (secondary N) is 1. The molecule has 0 atom stereocenters. The van der Waals surface area contributed by atoms with Crippen molar-refractivity contribution in [2.24, 2.45) is 0 Å². The minimum Gasteiger partial charge on any atom is -0.395 e. The van der Waals surface area contributed by atoms with Crippen LogP contribution in [0.2, 0.25) is 0 Å². The largest absolute Gasteiger partial charge is 0.395 e. The third-order valence-corrected chi connectivity index (χ3v) is 3.40. The van der Waals surface area contributed by atoms with Crippen LogP contribution in [0.3, 0.4) is 0 Å². The molecular weight excluding hydrogens is 280 g/mol. The van der Waals surface area contributed by atoms with Crippen molar-refractivity contribution in [2.75, 3.05) is 19.7 Å². The van der Waals surface area contributed by atoms with Gasteiger partial charge in [-0.05, 0) is 25.5 Å². The molecule has 2 rings (SSSR count). The molecule has 0 aliphatic heterocycles. The van der Waals surface area contributed by atoms with Crippen molar-refractivity contribution in [1.29, 1.82) is 0 Å². The maximum atomic E-state index is 12.6. The summed E-state index contributed by atoms with van der Waals surface area (Å²) in [6, 6.07) is 7.27. The Morgan fingerprint density at radius 2 is 2.18 bits per heavy atom. The van der Waals surface area contributed by atoms with Gasteiger partial charge in [0.2, 0.25) is 0 Å². The fourth-order valence-electron chi connectivity index (χ4n) is 2.23. The number of rotatable bonds is 7. The molecule has 0 fully saturated rings. The lowest BCUT2D eigenvalue weighted by Gasteiger charge is -2.21. The summed E-state index contributed by atoms with van der Waals surface area (Å²) in [7, 11) is 0. The zero-order chi connectivity index (χ0) is 15.9. The smallest absolute Gasteiger partial charge is 0.253 e. The average molecular weight is 302 g/mol. The van der Waals surface area contributed by atoms with Gasteiger partial charge in [0.05, 0.1) is 6.61 Å². The Labute approximate surface area is 130 Å². The number of aliphatic hydroxyl groups excluding tert-OH is 1. The highest BCUT2D eigenvalue weighted by molar-refractivity contribution is 5.95. The molecule has 0 unspecified atom stereocenters. The summed E-state index contributed by atoms with van der Waals surface area (Å²) < 4.78 is 0. The summed E-state index contributed by atoms with van der Waals surface area (Å²) in [5, 5.41) is 16.1. The molecule has 1 heterocycles. The topological polar surface area (TPSA) is 82.1 Å². The van der Waals surface area contributed by atoms with Gasteiger partial charge in [0.1, 0.15) is 5.82 Å². The number of aromatic amines is 1. The van der Waals surface area contributed by atoms with E-state index < -0.39 is 0 Å². The van der Waals surface area contributed by atoms with Gasteiger partial charge in [-0.15, -0.1) is 0 Å². The van der Waals surface area contributed by atoms with Gasteiger partial charge in [-0.3, -0.25) is 9.89 Å². The molecule has 0 aliphatic rings. The van der Waals surface area contributed by atoms with E-state index in [1.807, 2.05) is 19.1 Å². The standard InChI is InChI=1S/C16H22N4O2/c1-3-4-8-20(9-10-21)16(22)14-7-5-6-13(11-14)15-17-12(2)18-19-15/h5-7,11,21H,3-4,8-10H2,1-2H3,(H,17,18,19). The Morgan fingerprint density at radius 1 is 1.36 bits per heavy atom. The molecule has 6 nitrogen and oxygen atoms in total. The van der Waals surface area contributed by atoms with E-state index in [2.05, 4.69) is 22.1 Å². The lowest BCUT2D eigenvalue weighted by Crippen LogP contribution is -2.34. The normalized spacial score (nSPS) is 10.7. The maximum absolute atomic E-state index is 12.6. The van der Waals surface area contributed by atoms with E-state index in [1.165, 1.54) is 0 Å². The van der Waals surface area contributed by atoms with Crippen LogP contribution in [-0.4, -0.2) is 50.8 Å². The van der Waals surface area contributed by atoms with Crippen molar-refractivity contribution in [2.45, 2.75) is 26.7 Å². The molecular formula is C16H22N4O2. The van der Waals surface area contributed by atoms with Crippen LogP contribution in [0.25, 0.3) is 11.4 Å². The van der Waals surface area contributed by atoms with Crippen LogP contribution in [0.4, 0.5) is 0 Å². The fraction of sp³-hybridized carbons (Fsp3) is 0.438. The van der Waals surface area contributed by atoms with Crippen LogP contribution in [0.5, 0.6) is 0 Å². The molecule has 0 saturated carbocycles. The van der Waals surface area contributed by atoms with Crippen LogP contribution in [0.15, 0.2) is 24.3 Å². The van der Waals surface area contributed by atoms with E-state index in [0.29, 0.717) is 24.5 Å². The van der Waals surface area contributed by atoms with Gasteiger partial charge in [-0.2, -0.15) is 5.10 Å².